The molecule has 108 valence electrons. The van der Waals surface area contributed by atoms with E-state index in [4.69, 9.17) is 15.7 Å². The molecule has 20 heavy (non-hydrogen) atoms. The van der Waals surface area contributed by atoms with E-state index in [0.717, 1.165) is 25.9 Å². The number of anilines is 1. The summed E-state index contributed by atoms with van der Waals surface area (Å²) in [4.78, 5) is 12.0. The molecule has 0 aliphatic carbocycles. The van der Waals surface area contributed by atoms with Crippen LogP contribution in [0.3, 0.4) is 0 Å². The fraction of sp³-hybridized carbons (Fsp3) is 0.429. The number of oxime groups is 1. The van der Waals surface area contributed by atoms with E-state index in [9.17, 15) is 4.79 Å². The van der Waals surface area contributed by atoms with Crippen molar-refractivity contribution >= 4 is 17.4 Å². The van der Waals surface area contributed by atoms with Gasteiger partial charge in [0.2, 0.25) is 5.91 Å². The van der Waals surface area contributed by atoms with Gasteiger partial charge < -0.3 is 21.0 Å². The highest BCUT2D eigenvalue weighted by atomic mass is 16.5. The fourth-order valence-electron chi connectivity index (χ4n) is 2.25. The number of ether oxygens (including phenoxy) is 1. The summed E-state index contributed by atoms with van der Waals surface area (Å²) < 4.78 is 5.54. The summed E-state index contributed by atoms with van der Waals surface area (Å²) in [5.74, 6) is -0.162. The van der Waals surface area contributed by atoms with Crippen molar-refractivity contribution in [1.29, 1.82) is 0 Å². The number of nitrogens with zero attached hydrogens (tertiary/aromatic N) is 1. The van der Waals surface area contributed by atoms with Crippen LogP contribution in [0.4, 0.5) is 5.69 Å². The van der Waals surface area contributed by atoms with Crippen LogP contribution in [0.1, 0.15) is 31.2 Å². The lowest BCUT2D eigenvalue weighted by Crippen LogP contribution is -2.26. The van der Waals surface area contributed by atoms with Crippen molar-refractivity contribution < 1.29 is 14.7 Å². The zero-order chi connectivity index (χ0) is 14.4. The lowest BCUT2D eigenvalue weighted by atomic mass is 10.1. The molecule has 1 unspecified atom stereocenters. The molecule has 1 aliphatic rings. The summed E-state index contributed by atoms with van der Waals surface area (Å²) in [5, 5.41) is 14.5. The van der Waals surface area contributed by atoms with Crippen LogP contribution in [0.15, 0.2) is 29.4 Å². The number of carbonyl (C=O) groups excluding carboxylic acids is 1. The summed E-state index contributed by atoms with van der Waals surface area (Å²) >= 11 is 0. The third-order valence-electron chi connectivity index (χ3n) is 3.27. The van der Waals surface area contributed by atoms with E-state index in [-0.39, 0.29) is 17.8 Å². The third kappa shape index (κ3) is 3.71. The number of hydrogen-bond acceptors (Lipinski definition) is 4. The van der Waals surface area contributed by atoms with Crippen LogP contribution < -0.4 is 11.1 Å². The molecule has 0 spiro atoms. The summed E-state index contributed by atoms with van der Waals surface area (Å²) in [6.07, 6.45) is 3.38. The Kier molecular flexibility index (Phi) is 4.95. The quantitative estimate of drug-likeness (QED) is 0.337. The van der Waals surface area contributed by atoms with Gasteiger partial charge >= 0.3 is 0 Å². The number of amides is 1. The minimum absolute atomic E-state index is 0.0141. The Morgan fingerprint density at radius 2 is 2.25 bits per heavy atom. The molecule has 1 amide bonds. The Morgan fingerprint density at radius 1 is 1.45 bits per heavy atom. The molecule has 1 atom stereocenters. The zero-order valence-electron chi connectivity index (χ0n) is 11.2. The predicted octanol–water partition coefficient (Wildman–Crippen LogP) is 1.68. The van der Waals surface area contributed by atoms with E-state index in [1.165, 1.54) is 0 Å². The number of rotatable bonds is 4. The Bertz CT molecular complexity index is 496. The van der Waals surface area contributed by atoms with E-state index in [0.29, 0.717) is 17.7 Å². The van der Waals surface area contributed by atoms with Crippen molar-refractivity contribution in [3.8, 4) is 0 Å². The smallest absolute Gasteiger partial charge is 0.227 e. The molecule has 0 saturated carbocycles. The Labute approximate surface area is 117 Å². The van der Waals surface area contributed by atoms with E-state index in [2.05, 4.69) is 10.5 Å². The summed E-state index contributed by atoms with van der Waals surface area (Å²) in [6.45, 7) is 0.721. The van der Waals surface area contributed by atoms with Gasteiger partial charge in [-0.05, 0) is 31.4 Å². The van der Waals surface area contributed by atoms with Crippen LogP contribution in [-0.4, -0.2) is 29.7 Å². The van der Waals surface area contributed by atoms with Crippen LogP contribution in [0, 0.1) is 0 Å². The van der Waals surface area contributed by atoms with Gasteiger partial charge in [-0.1, -0.05) is 17.3 Å². The molecule has 1 aromatic carbocycles. The molecular formula is C14H19N3O3. The SMILES string of the molecule is N/C(=N/O)c1ccccc1NC(=O)CC1CCCCO1. The predicted molar refractivity (Wildman–Crippen MR) is 75.8 cm³/mol. The average Bonchev–Trinajstić information content (AvgIpc) is 2.48. The second-order valence-electron chi connectivity index (χ2n) is 4.77. The summed E-state index contributed by atoms with van der Waals surface area (Å²) in [5.41, 5.74) is 6.60. The largest absolute Gasteiger partial charge is 0.409 e. The van der Waals surface area contributed by atoms with E-state index in [1.54, 1.807) is 24.3 Å². The molecule has 1 aromatic rings. The van der Waals surface area contributed by atoms with Gasteiger partial charge in [0.25, 0.3) is 0 Å². The lowest BCUT2D eigenvalue weighted by molar-refractivity contribution is -0.119. The van der Waals surface area contributed by atoms with Gasteiger partial charge in [-0.3, -0.25) is 4.79 Å². The van der Waals surface area contributed by atoms with Crippen LogP contribution in [0.25, 0.3) is 0 Å². The maximum Gasteiger partial charge on any atom is 0.227 e. The fourth-order valence-corrected chi connectivity index (χ4v) is 2.25. The molecule has 0 bridgehead atoms. The number of amidine groups is 1. The van der Waals surface area contributed by atoms with Crippen LogP contribution >= 0.6 is 0 Å². The van der Waals surface area contributed by atoms with Gasteiger partial charge in [-0.25, -0.2) is 0 Å². The topological polar surface area (TPSA) is 96.9 Å². The van der Waals surface area contributed by atoms with Gasteiger partial charge in [-0.2, -0.15) is 0 Å². The molecule has 6 heteroatoms. The number of carbonyl (C=O) groups is 1. The normalized spacial score (nSPS) is 19.6. The van der Waals surface area contributed by atoms with Crippen molar-refractivity contribution in [2.24, 2.45) is 10.9 Å². The second kappa shape index (κ2) is 6.91. The highest BCUT2D eigenvalue weighted by molar-refractivity contribution is 6.05. The average molecular weight is 277 g/mol. The summed E-state index contributed by atoms with van der Waals surface area (Å²) in [7, 11) is 0. The maximum absolute atomic E-state index is 12.0. The number of hydrogen-bond donors (Lipinski definition) is 3. The first-order valence-corrected chi connectivity index (χ1v) is 6.69. The minimum atomic E-state index is -0.130. The molecule has 1 aliphatic heterocycles. The number of para-hydroxylation sites is 1. The van der Waals surface area contributed by atoms with Gasteiger partial charge in [0.1, 0.15) is 0 Å². The minimum Gasteiger partial charge on any atom is -0.409 e. The molecule has 2 rings (SSSR count). The van der Waals surface area contributed by atoms with Crippen LogP contribution in [0.5, 0.6) is 0 Å². The van der Waals surface area contributed by atoms with Gasteiger partial charge in [-0.15, -0.1) is 0 Å². The Balaban J connectivity index is 2.00. The second-order valence-corrected chi connectivity index (χ2v) is 4.77. The number of benzene rings is 1. The maximum atomic E-state index is 12.0. The highest BCUT2D eigenvalue weighted by Crippen LogP contribution is 2.18. The lowest BCUT2D eigenvalue weighted by Gasteiger charge is -2.22. The van der Waals surface area contributed by atoms with Crippen molar-refractivity contribution in [2.75, 3.05) is 11.9 Å². The van der Waals surface area contributed by atoms with Crippen molar-refractivity contribution in [2.45, 2.75) is 31.8 Å². The monoisotopic (exact) mass is 277 g/mol. The van der Waals surface area contributed by atoms with Crippen LogP contribution in [-0.2, 0) is 9.53 Å². The number of nitrogens with two attached hydrogens (primary N) is 1. The molecule has 4 N–H and O–H groups in total. The Hall–Kier alpha value is -2.08. The standard InChI is InChI=1S/C14H19N3O3/c15-14(17-19)11-6-1-2-7-12(11)16-13(18)9-10-5-3-4-8-20-10/h1-2,6-7,10,19H,3-5,8-9H2,(H2,15,17)(H,16,18). The van der Waals surface area contributed by atoms with Crippen molar-refractivity contribution in [1.82, 2.24) is 0 Å². The van der Waals surface area contributed by atoms with Crippen molar-refractivity contribution in [3.05, 3.63) is 29.8 Å². The molecular weight excluding hydrogens is 258 g/mol. The Morgan fingerprint density at radius 3 is 2.95 bits per heavy atom. The van der Waals surface area contributed by atoms with E-state index < -0.39 is 0 Å². The summed E-state index contributed by atoms with van der Waals surface area (Å²) in [6, 6.07) is 6.93. The molecule has 6 nitrogen and oxygen atoms in total. The third-order valence-corrected chi connectivity index (χ3v) is 3.27. The van der Waals surface area contributed by atoms with E-state index in [1.807, 2.05) is 0 Å². The molecule has 0 radical (unpaired) electrons. The molecule has 0 aromatic heterocycles. The first-order chi connectivity index (χ1) is 9.70. The van der Waals surface area contributed by atoms with Gasteiger partial charge in [0, 0.05) is 12.2 Å². The highest BCUT2D eigenvalue weighted by Gasteiger charge is 2.18. The zero-order valence-corrected chi connectivity index (χ0v) is 11.2. The van der Waals surface area contributed by atoms with Crippen molar-refractivity contribution in [3.63, 3.8) is 0 Å². The van der Waals surface area contributed by atoms with Crippen LogP contribution in [0.2, 0.25) is 0 Å². The molecule has 1 fully saturated rings. The first kappa shape index (κ1) is 14.3. The van der Waals surface area contributed by atoms with Gasteiger partial charge in [0.15, 0.2) is 5.84 Å². The number of nitrogens with one attached hydrogen (secondary N) is 1. The molecule has 1 saturated heterocycles. The molecule has 1 heterocycles. The first-order valence-electron chi connectivity index (χ1n) is 6.69. The van der Waals surface area contributed by atoms with E-state index >= 15 is 0 Å². The van der Waals surface area contributed by atoms with Gasteiger partial charge in [0.05, 0.1) is 18.2 Å².